The van der Waals surface area contributed by atoms with E-state index < -0.39 is 11.9 Å². The average molecular weight is 892 g/mol. The summed E-state index contributed by atoms with van der Waals surface area (Å²) in [6.45, 7) is 9.72. The van der Waals surface area contributed by atoms with Crippen LogP contribution in [0.3, 0.4) is 0 Å². The number of esters is 5. The van der Waals surface area contributed by atoms with Crippen molar-refractivity contribution in [3.8, 4) is 0 Å². The van der Waals surface area contributed by atoms with Crippen LogP contribution in [-0.2, 0) is 52.5 Å². The molecule has 0 spiro atoms. The van der Waals surface area contributed by atoms with Crippen molar-refractivity contribution in [1.29, 1.82) is 0 Å². The first kappa shape index (κ1) is 54.9. The lowest BCUT2D eigenvalue weighted by Crippen LogP contribution is -2.20. The van der Waals surface area contributed by atoms with Crippen LogP contribution in [0.15, 0.2) is 95.9 Å². The lowest BCUT2D eigenvalue weighted by atomic mass is 10.1. The van der Waals surface area contributed by atoms with Gasteiger partial charge in [0, 0.05) is 56.1 Å². The van der Waals surface area contributed by atoms with Crippen LogP contribution >= 0.6 is 35.7 Å². The minimum Gasteiger partial charge on any atom is -0.468 e. The Morgan fingerprint density at radius 2 is 1.23 bits per heavy atom. The number of unbranched alkanes of at least 4 members (excludes halogenated alkanes) is 1. The zero-order valence-electron chi connectivity index (χ0n) is 34.9. The van der Waals surface area contributed by atoms with Gasteiger partial charge >= 0.3 is 35.8 Å². The molecule has 0 aliphatic carbocycles. The monoisotopic (exact) mass is 891 g/mol. The molecule has 0 bridgehead atoms. The van der Waals surface area contributed by atoms with E-state index in [1.807, 2.05) is 43.3 Å². The first-order valence-corrected chi connectivity index (χ1v) is 21.5. The molecule has 3 heterocycles. The number of nitrogens with zero attached hydrogens (tertiary/aromatic N) is 3. The van der Waals surface area contributed by atoms with Gasteiger partial charge in [0.2, 0.25) is 0 Å². The molecule has 0 saturated carbocycles. The SMILES string of the molecule is C=CC(=O)OC.CCOC(=O)CCCC(=O)On1ccccc1=S.CCOC(=O)CCCCC(Sc1ccccn1)C(=O)OC.CCOC(=O)CCCSc1ccccn1. The second-order valence-electron chi connectivity index (χ2n) is 11.5. The minimum atomic E-state index is -0.429. The minimum absolute atomic E-state index is 0.112. The molecule has 3 rings (SSSR count). The highest BCUT2D eigenvalue weighted by molar-refractivity contribution is 8.00. The molecule has 3 aromatic rings. The predicted octanol–water partition coefficient (Wildman–Crippen LogP) is 7.61. The third-order valence-electron chi connectivity index (χ3n) is 6.91. The van der Waals surface area contributed by atoms with Gasteiger partial charge in [-0.1, -0.05) is 55.2 Å². The lowest BCUT2D eigenvalue weighted by Gasteiger charge is -2.13. The van der Waals surface area contributed by atoms with Crippen LogP contribution in [0, 0.1) is 4.64 Å². The Bertz CT molecular complexity index is 1730. The Kier molecular flexibility index (Phi) is 33.8. The second kappa shape index (κ2) is 37.0. The number of thioether (sulfide) groups is 2. The van der Waals surface area contributed by atoms with E-state index in [2.05, 4.69) is 21.3 Å². The number of methoxy groups -OCH3 is 2. The summed E-state index contributed by atoms with van der Waals surface area (Å²) in [7, 11) is 2.69. The number of carbonyl (C=O) groups excluding carboxylic acids is 6. The Labute approximate surface area is 366 Å². The van der Waals surface area contributed by atoms with Gasteiger partial charge < -0.3 is 28.5 Å². The molecule has 0 amide bonds. The third-order valence-corrected chi connectivity index (χ3v) is 9.45. The number of rotatable bonds is 22. The molecule has 18 heteroatoms. The molecule has 0 aliphatic heterocycles. The van der Waals surface area contributed by atoms with E-state index in [9.17, 15) is 28.8 Å². The summed E-state index contributed by atoms with van der Waals surface area (Å²) in [6.07, 6.45) is 10.7. The van der Waals surface area contributed by atoms with Crippen molar-refractivity contribution in [3.05, 3.63) is 90.5 Å². The standard InChI is InChI=1S/C15H21NO4S.C12H15NO4S.C11H15NO2S.C4H6O2/c1-3-20-14(17)10-5-4-8-12(15(18)19-2)21-13-9-6-7-11-16-13;1-2-16-11(14)7-5-8-12(15)17-13-9-4-3-6-10(13)18;1-2-14-11(13)7-5-9-15-10-6-3-4-8-12-10;1-3-4(5)6-2/h6-7,9,11-12H,3-5,8,10H2,1-2H3;3-4,6,9H,2,5,7-8H2,1H3;3-4,6,8H,2,5,7,9H2,1H3;3H,1H2,2H3. The van der Waals surface area contributed by atoms with Crippen molar-refractivity contribution in [2.45, 2.75) is 93.9 Å². The molecule has 0 radical (unpaired) electrons. The van der Waals surface area contributed by atoms with Gasteiger partial charge in [-0.2, -0.15) is 4.73 Å². The normalized spacial score (nSPS) is 10.2. The van der Waals surface area contributed by atoms with E-state index in [4.69, 9.17) is 36.0 Å². The van der Waals surface area contributed by atoms with Crippen LogP contribution in [-0.4, -0.2) is 95.6 Å². The Morgan fingerprint density at radius 1 is 0.700 bits per heavy atom. The van der Waals surface area contributed by atoms with Crippen LogP contribution in [0.5, 0.6) is 0 Å². The van der Waals surface area contributed by atoms with Crippen LogP contribution < -0.4 is 4.84 Å². The van der Waals surface area contributed by atoms with Crippen LogP contribution in [0.4, 0.5) is 0 Å². The highest BCUT2D eigenvalue weighted by Gasteiger charge is 2.21. The molecule has 0 aromatic carbocycles. The smallest absolute Gasteiger partial charge is 0.332 e. The highest BCUT2D eigenvalue weighted by Crippen LogP contribution is 2.26. The maximum atomic E-state index is 11.8. The Hall–Kier alpha value is -5.07. The molecule has 15 nitrogen and oxygen atoms in total. The predicted molar refractivity (Wildman–Crippen MR) is 231 cm³/mol. The summed E-state index contributed by atoms with van der Waals surface area (Å²) in [5.74, 6) is -0.792. The summed E-state index contributed by atoms with van der Waals surface area (Å²) in [5, 5.41) is 1.49. The van der Waals surface area contributed by atoms with E-state index in [1.165, 1.54) is 30.7 Å². The van der Waals surface area contributed by atoms with Gasteiger partial charge in [0.05, 0.1) is 44.1 Å². The molecule has 0 N–H and O–H groups in total. The average Bonchev–Trinajstić information content (AvgIpc) is 3.25. The van der Waals surface area contributed by atoms with Gasteiger partial charge in [-0.25, -0.2) is 19.6 Å². The zero-order chi connectivity index (χ0) is 44.8. The molecule has 330 valence electrons. The lowest BCUT2D eigenvalue weighted by molar-refractivity contribution is -0.146. The second-order valence-corrected chi connectivity index (χ2v) is 14.2. The number of carbonyl (C=O) groups is 6. The summed E-state index contributed by atoms with van der Waals surface area (Å²) in [4.78, 5) is 79.8. The zero-order valence-corrected chi connectivity index (χ0v) is 37.4. The number of hydrogen-bond acceptors (Lipinski definition) is 17. The molecule has 1 atom stereocenters. The van der Waals surface area contributed by atoms with E-state index in [1.54, 1.807) is 62.4 Å². The highest BCUT2D eigenvalue weighted by atomic mass is 32.2. The summed E-state index contributed by atoms with van der Waals surface area (Å²) < 4.78 is 25.0. The maximum Gasteiger partial charge on any atom is 0.332 e. The van der Waals surface area contributed by atoms with Gasteiger partial charge in [0.1, 0.15) is 9.89 Å². The number of ether oxygens (including phenoxy) is 5. The summed E-state index contributed by atoms with van der Waals surface area (Å²) in [5.41, 5.74) is 0. The van der Waals surface area contributed by atoms with Crippen molar-refractivity contribution in [3.63, 3.8) is 0 Å². The van der Waals surface area contributed by atoms with Crippen LogP contribution in [0.2, 0.25) is 0 Å². The molecule has 0 fully saturated rings. The van der Waals surface area contributed by atoms with Gasteiger partial charge in [0.15, 0.2) is 0 Å². The van der Waals surface area contributed by atoms with Crippen LogP contribution in [0.25, 0.3) is 0 Å². The molecule has 0 aliphatic rings. The first-order valence-electron chi connectivity index (χ1n) is 19.2. The number of pyridine rings is 3. The van der Waals surface area contributed by atoms with E-state index in [-0.39, 0.29) is 42.0 Å². The van der Waals surface area contributed by atoms with E-state index in [0.29, 0.717) is 56.6 Å². The summed E-state index contributed by atoms with van der Waals surface area (Å²) >= 11 is 8.02. The molecular weight excluding hydrogens is 835 g/mol. The Morgan fingerprint density at radius 3 is 1.72 bits per heavy atom. The topological polar surface area (TPSA) is 189 Å². The van der Waals surface area contributed by atoms with Crippen molar-refractivity contribution >= 4 is 71.6 Å². The fourth-order valence-electron chi connectivity index (χ4n) is 4.15. The molecule has 3 aromatic heterocycles. The van der Waals surface area contributed by atoms with Gasteiger partial charge in [0.25, 0.3) is 0 Å². The number of aromatic nitrogens is 3. The van der Waals surface area contributed by atoms with Crippen molar-refractivity contribution < 1.29 is 57.3 Å². The van der Waals surface area contributed by atoms with Gasteiger partial charge in [-0.3, -0.25) is 19.2 Å². The van der Waals surface area contributed by atoms with Crippen molar-refractivity contribution in [2.24, 2.45) is 0 Å². The Balaban J connectivity index is 0.000000822. The molecule has 0 saturated heterocycles. The summed E-state index contributed by atoms with van der Waals surface area (Å²) in [6, 6.07) is 16.5. The quantitative estimate of drug-likeness (QED) is 0.0239. The van der Waals surface area contributed by atoms with Crippen molar-refractivity contribution in [2.75, 3.05) is 39.8 Å². The maximum absolute atomic E-state index is 11.8. The third kappa shape index (κ3) is 30.0. The van der Waals surface area contributed by atoms with E-state index >= 15 is 0 Å². The largest absolute Gasteiger partial charge is 0.468 e. The van der Waals surface area contributed by atoms with Gasteiger partial charge in [-0.15, -0.1) is 11.8 Å². The van der Waals surface area contributed by atoms with Gasteiger partial charge in [-0.05, 0) is 82.9 Å². The fourth-order valence-corrected chi connectivity index (χ4v) is 6.18. The van der Waals surface area contributed by atoms with Crippen molar-refractivity contribution in [1.82, 2.24) is 14.7 Å². The van der Waals surface area contributed by atoms with Crippen LogP contribution in [0.1, 0.15) is 78.6 Å². The molecular formula is C42H57N3O12S3. The molecule has 60 heavy (non-hydrogen) atoms. The first-order chi connectivity index (χ1) is 28.9. The number of hydrogen-bond donors (Lipinski definition) is 0. The fraction of sp³-hybridized carbons (Fsp3) is 0.452. The molecule has 1 unspecified atom stereocenters. The van der Waals surface area contributed by atoms with E-state index in [0.717, 1.165) is 34.7 Å².